The van der Waals surface area contributed by atoms with Crippen molar-refractivity contribution in [2.45, 2.75) is 51.0 Å². The Bertz CT molecular complexity index is 752. The molecule has 27 heavy (non-hydrogen) atoms. The maximum Gasteiger partial charge on any atom is 0.223 e. The first-order chi connectivity index (χ1) is 13.3. The van der Waals surface area contributed by atoms with Gasteiger partial charge in [-0.1, -0.05) is 67.8 Å². The zero-order chi connectivity index (χ0) is 18.5. The third-order valence-electron chi connectivity index (χ3n) is 6.23. The van der Waals surface area contributed by atoms with Gasteiger partial charge in [-0.25, -0.2) is 0 Å². The van der Waals surface area contributed by atoms with Gasteiger partial charge in [-0.2, -0.15) is 0 Å². The van der Waals surface area contributed by atoms with E-state index in [4.69, 9.17) is 0 Å². The number of carbonyl (C=O) groups is 1. The Kier molecular flexibility index (Phi) is 5.76. The maximum atomic E-state index is 12.5. The molecule has 0 aromatic heterocycles. The summed E-state index contributed by atoms with van der Waals surface area (Å²) < 4.78 is 0. The van der Waals surface area contributed by atoms with Crippen LogP contribution in [0.2, 0.25) is 0 Å². The van der Waals surface area contributed by atoms with Crippen LogP contribution in [-0.2, 0) is 11.2 Å². The van der Waals surface area contributed by atoms with Crippen LogP contribution in [-0.4, -0.2) is 12.5 Å². The number of carbonyl (C=O) groups excluding carboxylic acids is 1. The van der Waals surface area contributed by atoms with E-state index in [0.717, 1.165) is 32.2 Å². The van der Waals surface area contributed by atoms with E-state index in [2.05, 4.69) is 65.2 Å². The molecule has 4 rings (SSSR count). The van der Waals surface area contributed by atoms with Gasteiger partial charge in [0.05, 0.1) is 6.04 Å². The largest absolute Gasteiger partial charge is 0.378 e. The van der Waals surface area contributed by atoms with Gasteiger partial charge in [-0.3, -0.25) is 4.79 Å². The van der Waals surface area contributed by atoms with Gasteiger partial charge in [-0.05, 0) is 48.8 Å². The van der Waals surface area contributed by atoms with E-state index in [1.807, 2.05) is 0 Å². The zero-order valence-electron chi connectivity index (χ0n) is 16.0. The number of amides is 1. The second-order valence-corrected chi connectivity index (χ2v) is 8.07. The average Bonchev–Trinajstić information content (AvgIpc) is 2.74. The molecule has 0 radical (unpaired) electrons. The smallest absolute Gasteiger partial charge is 0.223 e. The first-order valence-electron chi connectivity index (χ1n) is 10.5. The lowest BCUT2D eigenvalue weighted by Gasteiger charge is -2.35. The van der Waals surface area contributed by atoms with Crippen LogP contribution in [0.15, 0.2) is 54.6 Å². The van der Waals surface area contributed by atoms with E-state index in [1.54, 1.807) is 0 Å². The van der Waals surface area contributed by atoms with Crippen molar-refractivity contribution in [3.63, 3.8) is 0 Å². The highest BCUT2D eigenvalue weighted by atomic mass is 16.1. The molecule has 2 aliphatic rings. The van der Waals surface area contributed by atoms with Crippen molar-refractivity contribution in [1.29, 1.82) is 0 Å². The van der Waals surface area contributed by atoms with Crippen molar-refractivity contribution >= 4 is 11.6 Å². The van der Waals surface area contributed by atoms with Crippen molar-refractivity contribution in [2.75, 3.05) is 11.9 Å². The lowest BCUT2D eigenvalue weighted by molar-refractivity contribution is -0.125. The number of rotatable bonds is 5. The van der Waals surface area contributed by atoms with Gasteiger partial charge >= 0.3 is 0 Å². The van der Waals surface area contributed by atoms with E-state index in [1.165, 1.54) is 36.1 Å². The van der Waals surface area contributed by atoms with E-state index >= 15 is 0 Å². The van der Waals surface area contributed by atoms with Crippen molar-refractivity contribution in [3.8, 4) is 0 Å². The van der Waals surface area contributed by atoms with Gasteiger partial charge in [0, 0.05) is 18.2 Å². The standard InChI is InChI=1S/C24H30N2O/c27-24(19-11-5-2-6-12-19)25-16-15-21-17-20-13-7-8-14-22(20)26-23(21)18-9-3-1-4-10-18/h1,3-4,7-10,13-14,19,21,23,26H,2,5-6,11-12,15-17H2,(H,25,27)/t21-,23-/m0/s1. The fourth-order valence-electron chi connectivity index (χ4n) is 4.70. The summed E-state index contributed by atoms with van der Waals surface area (Å²) >= 11 is 0. The molecular weight excluding hydrogens is 332 g/mol. The zero-order valence-corrected chi connectivity index (χ0v) is 16.0. The van der Waals surface area contributed by atoms with Crippen LogP contribution in [0.3, 0.4) is 0 Å². The minimum Gasteiger partial charge on any atom is -0.378 e. The highest BCUT2D eigenvalue weighted by Gasteiger charge is 2.29. The van der Waals surface area contributed by atoms with E-state index in [0.29, 0.717) is 12.0 Å². The molecule has 0 bridgehead atoms. The fourth-order valence-corrected chi connectivity index (χ4v) is 4.70. The van der Waals surface area contributed by atoms with E-state index in [9.17, 15) is 4.79 Å². The number of anilines is 1. The summed E-state index contributed by atoms with van der Waals surface area (Å²) in [5.41, 5.74) is 3.96. The molecule has 1 heterocycles. The van der Waals surface area contributed by atoms with E-state index in [-0.39, 0.29) is 11.8 Å². The molecule has 142 valence electrons. The summed E-state index contributed by atoms with van der Waals surface area (Å²) in [6.07, 6.45) is 7.89. The lowest BCUT2D eigenvalue weighted by Crippen LogP contribution is -2.35. The Morgan fingerprint density at radius 3 is 2.52 bits per heavy atom. The summed E-state index contributed by atoms with van der Waals surface area (Å²) in [5, 5.41) is 6.98. The van der Waals surface area contributed by atoms with Gasteiger partial charge in [-0.15, -0.1) is 0 Å². The monoisotopic (exact) mass is 362 g/mol. The van der Waals surface area contributed by atoms with Crippen LogP contribution in [0, 0.1) is 11.8 Å². The number of hydrogen-bond donors (Lipinski definition) is 2. The van der Waals surface area contributed by atoms with Crippen LogP contribution in [0.25, 0.3) is 0 Å². The molecule has 1 saturated carbocycles. The Hall–Kier alpha value is -2.29. The Morgan fingerprint density at radius 1 is 0.963 bits per heavy atom. The molecule has 1 aliphatic heterocycles. The predicted molar refractivity (Wildman–Crippen MR) is 111 cm³/mol. The highest BCUT2D eigenvalue weighted by Crippen LogP contribution is 2.38. The van der Waals surface area contributed by atoms with Gasteiger partial charge in [0.25, 0.3) is 0 Å². The third kappa shape index (κ3) is 4.35. The quantitative estimate of drug-likeness (QED) is 0.777. The summed E-state index contributed by atoms with van der Waals surface area (Å²) in [6.45, 7) is 0.771. The summed E-state index contributed by atoms with van der Waals surface area (Å²) in [5.74, 6) is 0.998. The van der Waals surface area contributed by atoms with Gasteiger partial charge in [0.15, 0.2) is 0 Å². The fraction of sp³-hybridized carbons (Fsp3) is 0.458. The number of benzene rings is 2. The number of fused-ring (bicyclic) bond motifs is 1. The van der Waals surface area contributed by atoms with Crippen LogP contribution in [0.4, 0.5) is 5.69 Å². The lowest BCUT2D eigenvalue weighted by atomic mass is 9.81. The van der Waals surface area contributed by atoms with Gasteiger partial charge in [0.1, 0.15) is 0 Å². The first-order valence-corrected chi connectivity index (χ1v) is 10.5. The molecule has 0 spiro atoms. The molecule has 1 aliphatic carbocycles. The van der Waals surface area contributed by atoms with Gasteiger partial charge in [0.2, 0.25) is 5.91 Å². The average molecular weight is 363 g/mol. The molecule has 2 atom stereocenters. The minimum absolute atomic E-state index is 0.244. The molecule has 0 unspecified atom stereocenters. The Balaban J connectivity index is 1.41. The highest BCUT2D eigenvalue weighted by molar-refractivity contribution is 5.78. The Morgan fingerprint density at radius 2 is 1.70 bits per heavy atom. The summed E-state index contributed by atoms with van der Waals surface area (Å²) in [7, 11) is 0. The molecule has 2 N–H and O–H groups in total. The van der Waals surface area contributed by atoms with Crippen LogP contribution in [0.1, 0.15) is 55.7 Å². The van der Waals surface area contributed by atoms with Crippen LogP contribution in [0.5, 0.6) is 0 Å². The summed E-state index contributed by atoms with van der Waals surface area (Å²) in [6, 6.07) is 19.6. The molecule has 1 amide bonds. The second-order valence-electron chi connectivity index (χ2n) is 8.07. The van der Waals surface area contributed by atoms with Crippen molar-refractivity contribution in [3.05, 3.63) is 65.7 Å². The third-order valence-corrected chi connectivity index (χ3v) is 6.23. The minimum atomic E-state index is 0.244. The SMILES string of the molecule is O=C(NCC[C@H]1Cc2ccccc2N[C@H]1c1ccccc1)C1CCCCC1. The molecule has 2 aromatic carbocycles. The normalized spacial score (nSPS) is 22.5. The Labute approximate surface area is 162 Å². The predicted octanol–water partition coefficient (Wildman–Crippen LogP) is 5.10. The second kappa shape index (κ2) is 8.60. The van der Waals surface area contributed by atoms with Crippen molar-refractivity contribution in [2.24, 2.45) is 11.8 Å². The first kappa shape index (κ1) is 18.1. The molecule has 3 nitrogen and oxygen atoms in total. The molecule has 0 saturated heterocycles. The molecule has 3 heteroatoms. The maximum absolute atomic E-state index is 12.5. The van der Waals surface area contributed by atoms with Crippen molar-refractivity contribution < 1.29 is 4.79 Å². The number of hydrogen-bond acceptors (Lipinski definition) is 2. The molecule has 2 aromatic rings. The topological polar surface area (TPSA) is 41.1 Å². The summed E-state index contributed by atoms with van der Waals surface area (Å²) in [4.78, 5) is 12.5. The number of nitrogens with one attached hydrogen (secondary N) is 2. The van der Waals surface area contributed by atoms with Crippen molar-refractivity contribution in [1.82, 2.24) is 5.32 Å². The van der Waals surface area contributed by atoms with Gasteiger partial charge < -0.3 is 10.6 Å². The van der Waals surface area contributed by atoms with Crippen LogP contribution >= 0.6 is 0 Å². The molecular formula is C24H30N2O. The number of para-hydroxylation sites is 1. The molecule has 1 fully saturated rings. The van der Waals surface area contributed by atoms with E-state index < -0.39 is 0 Å². The van der Waals surface area contributed by atoms with Crippen LogP contribution < -0.4 is 10.6 Å².